The van der Waals surface area contributed by atoms with Crippen LogP contribution in [0.2, 0.25) is 10.0 Å². The van der Waals surface area contributed by atoms with Crippen LogP contribution in [0.15, 0.2) is 12.1 Å². The second-order valence-electron chi connectivity index (χ2n) is 11.2. The molecular weight excluding hydrogens is 498 g/mol. The third kappa shape index (κ3) is 14.4. The standard InChI is InChI=1S/C33H59Cl2P/c1-4-7-8-9-10-11-12-13-14-15-16-17-18-19-20-21-22-23-24-25-26-29-30(33(36,5-2)6-3)27-28-31(34)32(29)35/h27-28H,4-26,36H2,1-3H3. The van der Waals surface area contributed by atoms with Crippen molar-refractivity contribution in [3.05, 3.63) is 33.3 Å². The molecule has 0 aromatic heterocycles. The van der Waals surface area contributed by atoms with E-state index in [1.807, 2.05) is 6.07 Å². The van der Waals surface area contributed by atoms with Crippen molar-refractivity contribution in [2.45, 2.75) is 174 Å². The summed E-state index contributed by atoms with van der Waals surface area (Å²) in [5.74, 6) is 0. The molecule has 0 radical (unpaired) electrons. The summed E-state index contributed by atoms with van der Waals surface area (Å²) in [6, 6.07) is 4.18. The maximum atomic E-state index is 6.67. The first-order valence-corrected chi connectivity index (χ1v) is 17.1. The summed E-state index contributed by atoms with van der Waals surface area (Å²) < 4.78 is 0. The van der Waals surface area contributed by atoms with Crippen molar-refractivity contribution in [2.75, 3.05) is 0 Å². The Morgan fingerprint density at radius 1 is 0.556 bits per heavy atom. The molecule has 0 aliphatic rings. The van der Waals surface area contributed by atoms with E-state index in [-0.39, 0.29) is 5.16 Å². The molecule has 0 saturated carbocycles. The minimum Gasteiger partial charge on any atom is -0.126 e. The van der Waals surface area contributed by atoms with Gasteiger partial charge in [-0.1, -0.05) is 172 Å². The zero-order valence-electron chi connectivity index (χ0n) is 24.3. The van der Waals surface area contributed by atoms with Gasteiger partial charge >= 0.3 is 0 Å². The molecule has 1 aromatic carbocycles. The van der Waals surface area contributed by atoms with E-state index in [1.165, 1.54) is 140 Å². The molecule has 1 atom stereocenters. The van der Waals surface area contributed by atoms with E-state index in [9.17, 15) is 0 Å². The highest BCUT2D eigenvalue weighted by atomic mass is 35.5. The van der Waals surface area contributed by atoms with Gasteiger partial charge in [-0.15, -0.1) is 9.24 Å². The summed E-state index contributed by atoms with van der Waals surface area (Å²) in [6.45, 7) is 6.83. The first-order chi connectivity index (χ1) is 17.5. The minimum absolute atomic E-state index is 0.108. The van der Waals surface area contributed by atoms with Crippen LogP contribution < -0.4 is 0 Å². The maximum Gasteiger partial charge on any atom is 0.0627 e. The molecule has 0 fully saturated rings. The summed E-state index contributed by atoms with van der Waals surface area (Å²) >= 11 is 13.0. The molecule has 0 spiro atoms. The molecule has 0 saturated heterocycles. The number of hydrogen-bond acceptors (Lipinski definition) is 0. The Balaban J connectivity index is 2.01. The Labute approximate surface area is 238 Å². The third-order valence-electron chi connectivity index (χ3n) is 8.27. The van der Waals surface area contributed by atoms with Crippen molar-refractivity contribution in [1.29, 1.82) is 0 Å². The van der Waals surface area contributed by atoms with Gasteiger partial charge in [-0.2, -0.15) is 0 Å². The fourth-order valence-corrected chi connectivity index (χ4v) is 6.20. The topological polar surface area (TPSA) is 0 Å². The van der Waals surface area contributed by atoms with Crippen molar-refractivity contribution < 1.29 is 0 Å². The van der Waals surface area contributed by atoms with Crippen LogP contribution in [-0.2, 0) is 11.6 Å². The van der Waals surface area contributed by atoms with Gasteiger partial charge in [-0.25, -0.2) is 0 Å². The van der Waals surface area contributed by atoms with E-state index in [0.29, 0.717) is 5.02 Å². The van der Waals surface area contributed by atoms with E-state index < -0.39 is 0 Å². The largest absolute Gasteiger partial charge is 0.126 e. The quantitative estimate of drug-likeness (QED) is 0.0876. The lowest BCUT2D eigenvalue weighted by molar-refractivity contribution is 0.521. The van der Waals surface area contributed by atoms with Crippen LogP contribution in [0.5, 0.6) is 0 Å². The molecule has 0 heterocycles. The zero-order chi connectivity index (χ0) is 26.5. The van der Waals surface area contributed by atoms with Gasteiger partial charge in [0.1, 0.15) is 0 Å². The molecule has 0 nitrogen and oxygen atoms in total. The molecule has 1 rings (SSSR count). The van der Waals surface area contributed by atoms with Crippen LogP contribution in [0.1, 0.15) is 173 Å². The van der Waals surface area contributed by atoms with Crippen LogP contribution in [0, 0.1) is 0 Å². The number of halogens is 2. The fourth-order valence-electron chi connectivity index (χ4n) is 5.49. The molecule has 210 valence electrons. The monoisotopic (exact) mass is 556 g/mol. The first-order valence-electron chi connectivity index (χ1n) is 15.8. The Bertz CT molecular complexity index is 653. The van der Waals surface area contributed by atoms with E-state index in [0.717, 1.165) is 24.3 Å². The van der Waals surface area contributed by atoms with Gasteiger partial charge < -0.3 is 0 Å². The lowest BCUT2D eigenvalue weighted by Crippen LogP contribution is -2.18. The highest BCUT2D eigenvalue weighted by Crippen LogP contribution is 2.44. The molecule has 0 amide bonds. The summed E-state index contributed by atoms with van der Waals surface area (Å²) in [5, 5.41) is 1.58. The van der Waals surface area contributed by atoms with E-state index in [2.05, 4.69) is 36.1 Å². The minimum atomic E-state index is 0.108. The predicted octanol–water partition coefficient (Wildman–Crippen LogP) is 13.2. The van der Waals surface area contributed by atoms with Gasteiger partial charge in [0, 0.05) is 5.16 Å². The smallest absolute Gasteiger partial charge is 0.0627 e. The van der Waals surface area contributed by atoms with Crippen molar-refractivity contribution >= 4 is 32.4 Å². The molecule has 0 N–H and O–H groups in total. The molecular formula is C33H59Cl2P. The molecule has 36 heavy (non-hydrogen) atoms. The van der Waals surface area contributed by atoms with Crippen molar-refractivity contribution in [2.24, 2.45) is 0 Å². The second-order valence-corrected chi connectivity index (χ2v) is 13.1. The van der Waals surface area contributed by atoms with Crippen molar-refractivity contribution in [3.8, 4) is 0 Å². The Hall–Kier alpha value is 0.230. The number of hydrogen-bond donors (Lipinski definition) is 0. The van der Waals surface area contributed by atoms with Gasteiger partial charge in [0.2, 0.25) is 0 Å². The Morgan fingerprint density at radius 3 is 1.28 bits per heavy atom. The van der Waals surface area contributed by atoms with Gasteiger partial charge in [-0.3, -0.25) is 0 Å². The van der Waals surface area contributed by atoms with E-state index in [4.69, 9.17) is 23.2 Å². The second kappa shape index (κ2) is 22.1. The number of rotatable bonds is 24. The highest BCUT2D eigenvalue weighted by Gasteiger charge is 2.27. The Kier molecular flexibility index (Phi) is 21.0. The predicted molar refractivity (Wildman–Crippen MR) is 170 cm³/mol. The summed E-state index contributed by atoms with van der Waals surface area (Å²) in [4.78, 5) is 0. The summed E-state index contributed by atoms with van der Waals surface area (Å²) in [6.07, 6.45) is 31.6. The van der Waals surface area contributed by atoms with Gasteiger partial charge in [0.05, 0.1) is 10.0 Å². The molecule has 0 aliphatic carbocycles. The lowest BCUT2D eigenvalue weighted by Gasteiger charge is -2.30. The highest BCUT2D eigenvalue weighted by molar-refractivity contribution is 7.18. The fraction of sp³-hybridized carbons (Fsp3) is 0.818. The maximum absolute atomic E-state index is 6.67. The van der Waals surface area contributed by atoms with Gasteiger partial charge in [0.15, 0.2) is 0 Å². The average molecular weight is 558 g/mol. The normalized spacial score (nSPS) is 11.9. The summed E-state index contributed by atoms with van der Waals surface area (Å²) in [7, 11) is 3.09. The van der Waals surface area contributed by atoms with Crippen molar-refractivity contribution in [1.82, 2.24) is 0 Å². The molecule has 1 aromatic rings. The number of benzene rings is 1. The van der Waals surface area contributed by atoms with Gasteiger partial charge in [0.25, 0.3) is 0 Å². The van der Waals surface area contributed by atoms with Crippen LogP contribution >= 0.6 is 32.4 Å². The van der Waals surface area contributed by atoms with E-state index in [1.54, 1.807) is 0 Å². The van der Waals surface area contributed by atoms with Crippen LogP contribution in [0.25, 0.3) is 0 Å². The molecule has 1 unspecified atom stereocenters. The van der Waals surface area contributed by atoms with Crippen LogP contribution in [0.3, 0.4) is 0 Å². The molecule has 3 heteroatoms. The molecule has 0 aliphatic heterocycles. The average Bonchev–Trinajstić information content (AvgIpc) is 2.89. The Morgan fingerprint density at radius 2 is 0.917 bits per heavy atom. The van der Waals surface area contributed by atoms with E-state index >= 15 is 0 Å². The molecule has 0 bridgehead atoms. The zero-order valence-corrected chi connectivity index (χ0v) is 26.9. The van der Waals surface area contributed by atoms with Gasteiger partial charge in [-0.05, 0) is 42.9 Å². The summed E-state index contributed by atoms with van der Waals surface area (Å²) in [5.41, 5.74) is 2.66. The lowest BCUT2D eigenvalue weighted by atomic mass is 9.87. The van der Waals surface area contributed by atoms with Crippen LogP contribution in [0.4, 0.5) is 0 Å². The SMILES string of the molecule is CCCCCCCCCCCCCCCCCCCCCCc1c(C(P)(CC)CC)ccc(Cl)c1Cl. The number of unbranched alkanes of at least 4 members (excludes halogenated alkanes) is 19. The van der Waals surface area contributed by atoms with Crippen molar-refractivity contribution in [3.63, 3.8) is 0 Å². The third-order valence-corrected chi connectivity index (χ3v) is 10.2. The van der Waals surface area contributed by atoms with Crippen LogP contribution in [-0.4, -0.2) is 0 Å². The first kappa shape index (κ1) is 34.3.